The number of morpholine rings is 1. The number of aromatic nitrogens is 1. The number of nitrogens with one attached hydrogen (secondary N) is 1. The number of carbonyl (C=O) groups is 2. The molecule has 1 saturated carbocycles. The molecule has 1 N–H and O–H groups in total. The summed E-state index contributed by atoms with van der Waals surface area (Å²) in [4.78, 5) is 31.7. The number of carbonyl (C=O) groups excluding carboxylic acids is 2. The summed E-state index contributed by atoms with van der Waals surface area (Å²) in [5.41, 5.74) is 2.83. The number of nitriles is 1. The maximum absolute atomic E-state index is 12.7. The summed E-state index contributed by atoms with van der Waals surface area (Å²) in [6.45, 7) is 2.64. The van der Waals surface area contributed by atoms with Crippen LogP contribution in [0.15, 0.2) is 35.4 Å². The molecule has 0 spiro atoms. The van der Waals surface area contributed by atoms with Gasteiger partial charge < -0.3 is 19.7 Å². The van der Waals surface area contributed by atoms with E-state index < -0.39 is 18.5 Å². The summed E-state index contributed by atoms with van der Waals surface area (Å²) in [6.07, 6.45) is 3.86. The SMILES string of the molecule is CSc1nc(C2CC2)cc(C(=O)OCC(=O)Nc2ccc(N3CCOCC3)cc2)c1C#N. The molecular weight excluding hydrogens is 428 g/mol. The highest BCUT2D eigenvalue weighted by molar-refractivity contribution is 7.98. The maximum Gasteiger partial charge on any atom is 0.340 e. The molecule has 0 atom stereocenters. The van der Waals surface area contributed by atoms with E-state index in [2.05, 4.69) is 15.2 Å². The van der Waals surface area contributed by atoms with Crippen LogP contribution in [-0.4, -0.2) is 56.0 Å². The topological polar surface area (TPSA) is 105 Å². The largest absolute Gasteiger partial charge is 0.452 e. The van der Waals surface area contributed by atoms with E-state index in [1.54, 1.807) is 6.07 Å². The zero-order valence-electron chi connectivity index (χ0n) is 17.8. The number of ether oxygens (including phenoxy) is 2. The standard InChI is InChI=1S/C23H24N4O4S/c1-32-22-19(13-24)18(12-20(26-22)15-2-3-15)23(29)31-14-21(28)25-16-4-6-17(7-5-16)27-8-10-30-11-9-27/h4-7,12,15H,2-3,8-11,14H2,1H3,(H,25,28). The lowest BCUT2D eigenvalue weighted by atomic mass is 10.1. The summed E-state index contributed by atoms with van der Waals surface area (Å²) >= 11 is 1.32. The van der Waals surface area contributed by atoms with Crippen LogP contribution in [0, 0.1) is 11.3 Å². The van der Waals surface area contributed by atoms with E-state index in [0.29, 0.717) is 29.8 Å². The van der Waals surface area contributed by atoms with Crippen LogP contribution in [0.4, 0.5) is 11.4 Å². The Morgan fingerprint density at radius 1 is 1.28 bits per heavy atom. The number of amides is 1. The van der Waals surface area contributed by atoms with Crippen molar-refractivity contribution in [1.82, 2.24) is 4.98 Å². The van der Waals surface area contributed by atoms with Crippen molar-refractivity contribution in [2.75, 3.05) is 49.4 Å². The molecule has 32 heavy (non-hydrogen) atoms. The molecule has 2 aromatic rings. The average molecular weight is 453 g/mol. The second-order valence-corrected chi connectivity index (χ2v) is 8.43. The molecule has 166 valence electrons. The Morgan fingerprint density at radius 2 is 2.00 bits per heavy atom. The third-order valence-electron chi connectivity index (χ3n) is 5.39. The van der Waals surface area contributed by atoms with Crippen LogP contribution < -0.4 is 10.2 Å². The zero-order chi connectivity index (χ0) is 22.5. The van der Waals surface area contributed by atoms with E-state index >= 15 is 0 Å². The van der Waals surface area contributed by atoms with Crippen molar-refractivity contribution < 1.29 is 19.1 Å². The summed E-state index contributed by atoms with van der Waals surface area (Å²) < 4.78 is 10.6. The molecule has 1 aromatic carbocycles. The van der Waals surface area contributed by atoms with Gasteiger partial charge >= 0.3 is 5.97 Å². The highest BCUT2D eigenvalue weighted by Crippen LogP contribution is 2.40. The summed E-state index contributed by atoms with van der Waals surface area (Å²) in [7, 11) is 0. The fraction of sp³-hybridized carbons (Fsp3) is 0.391. The Bertz CT molecular complexity index is 1040. The molecule has 0 radical (unpaired) electrons. The number of nitrogens with zero attached hydrogens (tertiary/aromatic N) is 3. The van der Waals surface area contributed by atoms with Crippen molar-refractivity contribution in [2.24, 2.45) is 0 Å². The minimum atomic E-state index is -0.695. The number of benzene rings is 1. The van der Waals surface area contributed by atoms with Crippen molar-refractivity contribution in [3.63, 3.8) is 0 Å². The van der Waals surface area contributed by atoms with Gasteiger partial charge in [0, 0.05) is 36.1 Å². The minimum absolute atomic E-state index is 0.163. The second-order valence-electron chi connectivity index (χ2n) is 7.64. The van der Waals surface area contributed by atoms with E-state index in [1.807, 2.05) is 36.6 Å². The van der Waals surface area contributed by atoms with Crippen LogP contribution in [-0.2, 0) is 14.3 Å². The molecule has 8 nitrogen and oxygen atoms in total. The second kappa shape index (κ2) is 10.0. The first-order valence-electron chi connectivity index (χ1n) is 10.5. The Labute approximate surface area is 190 Å². The molecular formula is C23H24N4O4S. The fourth-order valence-electron chi connectivity index (χ4n) is 3.53. The van der Waals surface area contributed by atoms with Gasteiger partial charge in [-0.1, -0.05) is 0 Å². The molecule has 1 aromatic heterocycles. The lowest BCUT2D eigenvalue weighted by Gasteiger charge is -2.28. The predicted molar refractivity (Wildman–Crippen MR) is 121 cm³/mol. The van der Waals surface area contributed by atoms with Gasteiger partial charge in [-0.25, -0.2) is 9.78 Å². The van der Waals surface area contributed by atoms with Crippen LogP contribution in [0.3, 0.4) is 0 Å². The quantitative estimate of drug-likeness (QED) is 0.505. The van der Waals surface area contributed by atoms with E-state index in [0.717, 1.165) is 37.3 Å². The molecule has 9 heteroatoms. The Kier molecular flexibility index (Phi) is 6.93. The van der Waals surface area contributed by atoms with Crippen molar-refractivity contribution in [3.8, 4) is 6.07 Å². The highest BCUT2D eigenvalue weighted by Gasteiger charge is 2.29. The van der Waals surface area contributed by atoms with Crippen molar-refractivity contribution in [3.05, 3.63) is 47.2 Å². The van der Waals surface area contributed by atoms with E-state index in [1.165, 1.54) is 11.8 Å². The average Bonchev–Trinajstić information content (AvgIpc) is 3.68. The number of esters is 1. The zero-order valence-corrected chi connectivity index (χ0v) is 18.6. The molecule has 2 aliphatic rings. The fourth-order valence-corrected chi connectivity index (χ4v) is 4.09. The van der Waals surface area contributed by atoms with Gasteiger partial charge in [0.15, 0.2) is 6.61 Å². The van der Waals surface area contributed by atoms with Gasteiger partial charge in [-0.05, 0) is 49.4 Å². The lowest BCUT2D eigenvalue weighted by Crippen LogP contribution is -2.36. The molecule has 0 unspecified atom stereocenters. The Morgan fingerprint density at radius 3 is 2.62 bits per heavy atom. The molecule has 4 rings (SSSR count). The highest BCUT2D eigenvalue weighted by atomic mass is 32.2. The number of hydrogen-bond acceptors (Lipinski definition) is 8. The summed E-state index contributed by atoms with van der Waals surface area (Å²) in [5, 5.41) is 12.7. The molecule has 2 heterocycles. The van der Waals surface area contributed by atoms with Crippen LogP contribution in [0.25, 0.3) is 0 Å². The number of rotatable bonds is 7. The molecule has 2 fully saturated rings. The normalized spacial score (nSPS) is 15.7. The van der Waals surface area contributed by atoms with Gasteiger partial charge in [0.25, 0.3) is 5.91 Å². The maximum atomic E-state index is 12.7. The number of anilines is 2. The Hall–Kier alpha value is -3.09. The number of hydrogen-bond donors (Lipinski definition) is 1. The number of pyridine rings is 1. The summed E-state index contributed by atoms with van der Waals surface area (Å²) in [5.74, 6) is -0.819. The predicted octanol–water partition coefficient (Wildman–Crippen LogP) is 3.18. The van der Waals surface area contributed by atoms with Crippen molar-refractivity contribution in [1.29, 1.82) is 5.26 Å². The van der Waals surface area contributed by atoms with Gasteiger partial charge in [0.2, 0.25) is 0 Å². The number of thioether (sulfide) groups is 1. The first-order chi connectivity index (χ1) is 15.6. The summed E-state index contributed by atoms with van der Waals surface area (Å²) in [6, 6.07) is 11.2. The third-order valence-corrected chi connectivity index (χ3v) is 6.07. The van der Waals surface area contributed by atoms with E-state index in [-0.39, 0.29) is 11.1 Å². The smallest absolute Gasteiger partial charge is 0.340 e. The van der Waals surface area contributed by atoms with Crippen LogP contribution in [0.2, 0.25) is 0 Å². The molecule has 0 bridgehead atoms. The van der Waals surface area contributed by atoms with Crippen LogP contribution in [0.1, 0.15) is 40.4 Å². The first-order valence-corrected chi connectivity index (χ1v) is 11.7. The first kappa shape index (κ1) is 22.1. The third kappa shape index (κ3) is 5.21. The van der Waals surface area contributed by atoms with Crippen molar-refractivity contribution in [2.45, 2.75) is 23.8 Å². The molecule has 1 aliphatic carbocycles. The molecule has 1 amide bonds. The van der Waals surface area contributed by atoms with Gasteiger partial charge in [0.05, 0.1) is 24.3 Å². The van der Waals surface area contributed by atoms with E-state index in [4.69, 9.17) is 9.47 Å². The van der Waals surface area contributed by atoms with Gasteiger partial charge in [-0.2, -0.15) is 5.26 Å². The van der Waals surface area contributed by atoms with Crippen LogP contribution in [0.5, 0.6) is 0 Å². The van der Waals surface area contributed by atoms with E-state index in [9.17, 15) is 14.9 Å². The van der Waals surface area contributed by atoms with Crippen molar-refractivity contribution >= 4 is 35.0 Å². The van der Waals surface area contributed by atoms with Gasteiger partial charge in [-0.3, -0.25) is 4.79 Å². The lowest BCUT2D eigenvalue weighted by molar-refractivity contribution is -0.119. The minimum Gasteiger partial charge on any atom is -0.452 e. The Balaban J connectivity index is 1.36. The van der Waals surface area contributed by atoms with Gasteiger partial charge in [0.1, 0.15) is 11.1 Å². The van der Waals surface area contributed by atoms with Gasteiger partial charge in [-0.15, -0.1) is 11.8 Å². The molecule has 1 saturated heterocycles. The molecule has 1 aliphatic heterocycles. The van der Waals surface area contributed by atoms with Crippen LogP contribution >= 0.6 is 11.8 Å². The monoisotopic (exact) mass is 452 g/mol.